The molecule has 7 nitrogen and oxygen atoms in total. The van der Waals surface area contributed by atoms with E-state index >= 15 is 0 Å². The van der Waals surface area contributed by atoms with Crippen molar-refractivity contribution in [3.8, 4) is 11.8 Å². The first kappa shape index (κ1) is 15.4. The summed E-state index contributed by atoms with van der Waals surface area (Å²) in [4.78, 5) is 13.3. The summed E-state index contributed by atoms with van der Waals surface area (Å²) in [6.07, 6.45) is 1.82. The summed E-state index contributed by atoms with van der Waals surface area (Å²) >= 11 is 0. The molecule has 1 aromatic heterocycles. The molecule has 0 spiro atoms. The predicted molar refractivity (Wildman–Crippen MR) is 77.8 cm³/mol. The number of rotatable bonds is 6. The smallest absolute Gasteiger partial charge is 0.421 e. The maximum absolute atomic E-state index is 12.1. The molecule has 0 bridgehead atoms. The van der Waals surface area contributed by atoms with E-state index in [9.17, 15) is 4.79 Å². The van der Waals surface area contributed by atoms with E-state index in [1.165, 1.54) is 18.2 Å². The van der Waals surface area contributed by atoms with Crippen molar-refractivity contribution in [2.75, 3.05) is 18.6 Å². The first-order valence-electron chi connectivity index (χ1n) is 6.65. The Morgan fingerprint density at radius 2 is 2.23 bits per heavy atom. The first-order valence-corrected chi connectivity index (χ1v) is 6.65. The molecule has 1 aromatic carbocycles. The molecule has 0 saturated carbocycles. The summed E-state index contributed by atoms with van der Waals surface area (Å²) in [5.74, 6) is 0.710. The van der Waals surface area contributed by atoms with Gasteiger partial charge in [0, 0.05) is 12.5 Å². The zero-order chi connectivity index (χ0) is 15.8. The summed E-state index contributed by atoms with van der Waals surface area (Å²) in [5, 5.41) is 12.1. The largest absolute Gasteiger partial charge is 0.491 e. The Bertz CT molecular complexity index is 649. The standard InChI is InChI=1S/C15H15N3O4/c1-20-15(19)18(14-8-10-17-22-14)12-6-2-3-7-13(12)21-11-5-4-9-16/h2-3,6-8,10H,4-5,11H2,1H3. The Labute approximate surface area is 127 Å². The first-order chi connectivity index (χ1) is 10.8. The zero-order valence-corrected chi connectivity index (χ0v) is 12.1. The van der Waals surface area contributed by atoms with Crippen LogP contribution in [-0.2, 0) is 4.74 Å². The van der Waals surface area contributed by atoms with Crippen LogP contribution in [0.2, 0.25) is 0 Å². The average molecular weight is 301 g/mol. The third-order valence-corrected chi connectivity index (χ3v) is 2.80. The van der Waals surface area contributed by atoms with Crippen LogP contribution in [0.5, 0.6) is 5.75 Å². The van der Waals surface area contributed by atoms with E-state index in [4.69, 9.17) is 19.3 Å². The minimum Gasteiger partial charge on any atom is -0.491 e. The highest BCUT2D eigenvalue weighted by Crippen LogP contribution is 2.34. The van der Waals surface area contributed by atoms with Gasteiger partial charge in [-0.3, -0.25) is 0 Å². The van der Waals surface area contributed by atoms with Gasteiger partial charge in [-0.05, 0) is 18.6 Å². The number of ether oxygens (including phenoxy) is 2. The SMILES string of the molecule is COC(=O)N(c1ccno1)c1ccccc1OCCCC#N. The van der Waals surface area contributed by atoms with Gasteiger partial charge in [-0.15, -0.1) is 0 Å². The van der Waals surface area contributed by atoms with Gasteiger partial charge in [-0.25, -0.2) is 9.69 Å². The molecule has 0 atom stereocenters. The fraction of sp³-hybridized carbons (Fsp3) is 0.267. The number of nitriles is 1. The lowest BCUT2D eigenvalue weighted by Crippen LogP contribution is -2.25. The Kier molecular flexibility index (Phi) is 5.37. The van der Waals surface area contributed by atoms with Crippen LogP contribution in [0.25, 0.3) is 0 Å². The third-order valence-electron chi connectivity index (χ3n) is 2.80. The number of para-hydroxylation sites is 2. The summed E-state index contributed by atoms with van der Waals surface area (Å²) in [6, 6.07) is 10.6. The lowest BCUT2D eigenvalue weighted by atomic mass is 10.2. The van der Waals surface area contributed by atoms with Crippen molar-refractivity contribution in [2.24, 2.45) is 0 Å². The van der Waals surface area contributed by atoms with Crippen LogP contribution < -0.4 is 9.64 Å². The molecule has 7 heteroatoms. The molecule has 2 aromatic rings. The van der Waals surface area contributed by atoms with Crippen LogP contribution in [0.1, 0.15) is 12.8 Å². The van der Waals surface area contributed by atoms with Gasteiger partial charge in [0.2, 0.25) is 5.88 Å². The molecule has 0 fully saturated rings. The van der Waals surface area contributed by atoms with Crippen LogP contribution in [0, 0.1) is 11.3 Å². The fourth-order valence-corrected chi connectivity index (χ4v) is 1.82. The second kappa shape index (κ2) is 7.69. The lowest BCUT2D eigenvalue weighted by Gasteiger charge is -2.20. The van der Waals surface area contributed by atoms with E-state index in [1.807, 2.05) is 0 Å². The average Bonchev–Trinajstić information content (AvgIpc) is 3.07. The minimum atomic E-state index is -0.621. The van der Waals surface area contributed by atoms with Gasteiger partial charge in [-0.1, -0.05) is 17.3 Å². The van der Waals surface area contributed by atoms with Gasteiger partial charge in [0.25, 0.3) is 0 Å². The maximum Gasteiger partial charge on any atom is 0.421 e. The molecular formula is C15H15N3O4. The van der Waals surface area contributed by atoms with Gasteiger partial charge >= 0.3 is 6.09 Å². The van der Waals surface area contributed by atoms with Crippen LogP contribution >= 0.6 is 0 Å². The van der Waals surface area contributed by atoms with Crippen molar-refractivity contribution in [1.29, 1.82) is 5.26 Å². The molecule has 0 aliphatic heterocycles. The molecule has 0 N–H and O–H groups in total. The number of unbranched alkanes of at least 4 members (excludes halogenated alkanes) is 1. The number of hydrogen-bond donors (Lipinski definition) is 0. The normalized spacial score (nSPS) is 9.82. The molecule has 0 unspecified atom stereocenters. The van der Waals surface area contributed by atoms with Gasteiger partial charge in [0.15, 0.2) is 0 Å². The number of methoxy groups -OCH3 is 1. The van der Waals surface area contributed by atoms with Crippen molar-refractivity contribution in [2.45, 2.75) is 12.8 Å². The van der Waals surface area contributed by atoms with Crippen LogP contribution in [0.15, 0.2) is 41.1 Å². The predicted octanol–water partition coefficient (Wildman–Crippen LogP) is 3.26. The van der Waals surface area contributed by atoms with Gasteiger partial charge in [0.1, 0.15) is 5.75 Å². The number of carbonyl (C=O) groups is 1. The van der Waals surface area contributed by atoms with Crippen LogP contribution in [0.3, 0.4) is 0 Å². The Balaban J connectivity index is 2.28. The highest BCUT2D eigenvalue weighted by atomic mass is 16.6. The van der Waals surface area contributed by atoms with Crippen molar-refractivity contribution in [3.05, 3.63) is 36.5 Å². The molecule has 22 heavy (non-hydrogen) atoms. The number of benzene rings is 1. The lowest BCUT2D eigenvalue weighted by molar-refractivity contribution is 0.180. The molecule has 0 saturated heterocycles. The molecule has 114 valence electrons. The van der Waals surface area contributed by atoms with E-state index in [-0.39, 0.29) is 5.88 Å². The molecule has 2 rings (SSSR count). The number of carbonyl (C=O) groups excluding carboxylic acids is 1. The topological polar surface area (TPSA) is 88.6 Å². The molecule has 0 aliphatic carbocycles. The van der Waals surface area contributed by atoms with Gasteiger partial charge < -0.3 is 14.0 Å². The van der Waals surface area contributed by atoms with Crippen LogP contribution in [-0.4, -0.2) is 25.0 Å². The van der Waals surface area contributed by atoms with E-state index in [1.54, 1.807) is 30.3 Å². The van der Waals surface area contributed by atoms with E-state index in [0.29, 0.717) is 30.9 Å². The summed E-state index contributed by atoms with van der Waals surface area (Å²) in [7, 11) is 1.28. The van der Waals surface area contributed by atoms with Crippen molar-refractivity contribution >= 4 is 17.7 Å². The monoisotopic (exact) mass is 301 g/mol. The Hall–Kier alpha value is -3.01. The highest BCUT2D eigenvalue weighted by molar-refractivity contribution is 5.96. The minimum absolute atomic E-state index is 0.222. The van der Waals surface area contributed by atoms with E-state index < -0.39 is 6.09 Å². The van der Waals surface area contributed by atoms with Crippen molar-refractivity contribution in [3.63, 3.8) is 0 Å². The summed E-state index contributed by atoms with van der Waals surface area (Å²) in [5.41, 5.74) is 0.475. The fourth-order valence-electron chi connectivity index (χ4n) is 1.82. The number of nitrogens with zero attached hydrogens (tertiary/aromatic N) is 3. The number of anilines is 2. The van der Waals surface area contributed by atoms with Gasteiger partial charge in [-0.2, -0.15) is 5.26 Å². The second-order valence-electron chi connectivity index (χ2n) is 4.23. The number of amides is 1. The number of hydrogen-bond acceptors (Lipinski definition) is 6. The zero-order valence-electron chi connectivity index (χ0n) is 12.1. The van der Waals surface area contributed by atoms with Crippen LogP contribution in [0.4, 0.5) is 16.4 Å². The highest BCUT2D eigenvalue weighted by Gasteiger charge is 2.24. The molecule has 1 amide bonds. The van der Waals surface area contributed by atoms with E-state index in [2.05, 4.69) is 11.2 Å². The summed E-state index contributed by atoms with van der Waals surface area (Å²) < 4.78 is 15.5. The summed E-state index contributed by atoms with van der Waals surface area (Å²) in [6.45, 7) is 0.371. The molecule has 1 heterocycles. The van der Waals surface area contributed by atoms with Crippen molar-refractivity contribution < 1.29 is 18.8 Å². The van der Waals surface area contributed by atoms with Crippen molar-refractivity contribution in [1.82, 2.24) is 5.16 Å². The third kappa shape index (κ3) is 3.55. The second-order valence-corrected chi connectivity index (χ2v) is 4.23. The van der Waals surface area contributed by atoms with Gasteiger partial charge in [0.05, 0.1) is 31.7 Å². The molecular weight excluding hydrogens is 286 g/mol. The van der Waals surface area contributed by atoms with E-state index in [0.717, 1.165) is 0 Å². The quantitative estimate of drug-likeness (QED) is 0.761. The molecule has 0 radical (unpaired) electrons. The molecule has 0 aliphatic rings. The maximum atomic E-state index is 12.1. The number of aromatic nitrogens is 1. The Morgan fingerprint density at radius 3 is 2.91 bits per heavy atom. The Morgan fingerprint density at radius 1 is 1.41 bits per heavy atom.